The molecule has 0 aliphatic rings. The van der Waals surface area contributed by atoms with Crippen LogP contribution in [0.4, 0.5) is 5.13 Å². The van der Waals surface area contributed by atoms with E-state index in [-0.39, 0.29) is 5.56 Å². The molecular formula is C23H20N4O2S. The molecule has 0 spiro atoms. The van der Waals surface area contributed by atoms with Gasteiger partial charge < -0.3 is 0 Å². The van der Waals surface area contributed by atoms with Crippen LogP contribution >= 0.6 is 11.3 Å². The van der Waals surface area contributed by atoms with E-state index in [1.807, 2.05) is 48.5 Å². The van der Waals surface area contributed by atoms with Gasteiger partial charge in [-0.1, -0.05) is 72.0 Å². The van der Waals surface area contributed by atoms with Gasteiger partial charge in [-0.2, -0.15) is 5.10 Å². The van der Waals surface area contributed by atoms with E-state index in [0.717, 1.165) is 21.7 Å². The van der Waals surface area contributed by atoms with Crippen LogP contribution in [0.15, 0.2) is 65.5 Å². The predicted molar refractivity (Wildman–Crippen MR) is 119 cm³/mol. The topological polar surface area (TPSA) is 87.7 Å². The van der Waals surface area contributed by atoms with Gasteiger partial charge in [0.15, 0.2) is 5.13 Å². The number of aromatic nitrogens is 3. The number of hydrogen-bond donors (Lipinski definition) is 2. The van der Waals surface area contributed by atoms with Crippen LogP contribution in [0.25, 0.3) is 10.4 Å². The molecule has 1 amide bonds. The fourth-order valence-electron chi connectivity index (χ4n) is 3.19. The molecule has 150 valence electrons. The summed E-state index contributed by atoms with van der Waals surface area (Å²) in [6, 6.07) is 20.0. The molecular weight excluding hydrogens is 396 g/mol. The Morgan fingerprint density at radius 3 is 2.40 bits per heavy atom. The Kier molecular flexibility index (Phi) is 5.54. The van der Waals surface area contributed by atoms with Crippen LogP contribution in [0.2, 0.25) is 0 Å². The second kappa shape index (κ2) is 8.42. The molecule has 0 saturated heterocycles. The van der Waals surface area contributed by atoms with E-state index in [1.165, 1.54) is 11.3 Å². The van der Waals surface area contributed by atoms with Gasteiger partial charge in [0.25, 0.3) is 11.5 Å². The average Bonchev–Trinajstić information content (AvgIpc) is 3.14. The van der Waals surface area contributed by atoms with E-state index in [9.17, 15) is 9.59 Å². The number of carbonyl (C=O) groups is 1. The smallest absolute Gasteiger partial charge is 0.277 e. The SMILES string of the molecule is Cc1n[nH]c(=O)c(C(=O)Nc2nc(Cc3ccccc3)c(-c3ccccc3)s2)c1C. The summed E-state index contributed by atoms with van der Waals surface area (Å²) in [5.41, 5.74) is 3.76. The van der Waals surface area contributed by atoms with Gasteiger partial charge >= 0.3 is 0 Å². The van der Waals surface area contributed by atoms with Gasteiger partial charge in [0.05, 0.1) is 16.3 Å². The van der Waals surface area contributed by atoms with E-state index >= 15 is 0 Å². The maximum atomic E-state index is 12.8. The molecule has 2 aromatic heterocycles. The number of amides is 1. The number of aromatic amines is 1. The highest BCUT2D eigenvalue weighted by molar-refractivity contribution is 7.19. The third kappa shape index (κ3) is 4.06. The van der Waals surface area contributed by atoms with E-state index in [4.69, 9.17) is 0 Å². The molecule has 0 atom stereocenters. The summed E-state index contributed by atoms with van der Waals surface area (Å²) in [4.78, 5) is 30.7. The van der Waals surface area contributed by atoms with Gasteiger partial charge in [0, 0.05) is 6.42 Å². The lowest BCUT2D eigenvalue weighted by Gasteiger charge is -2.05. The third-order valence-corrected chi connectivity index (χ3v) is 5.93. The summed E-state index contributed by atoms with van der Waals surface area (Å²) >= 11 is 1.40. The van der Waals surface area contributed by atoms with Gasteiger partial charge in [-0.05, 0) is 30.5 Å². The van der Waals surface area contributed by atoms with Gasteiger partial charge in [0.2, 0.25) is 0 Å². The minimum Gasteiger partial charge on any atom is -0.298 e. The van der Waals surface area contributed by atoms with E-state index in [2.05, 4.69) is 32.6 Å². The fraction of sp³-hybridized carbons (Fsp3) is 0.130. The van der Waals surface area contributed by atoms with Crippen LogP contribution in [0.5, 0.6) is 0 Å². The second-order valence-corrected chi connectivity index (χ2v) is 7.91. The fourth-order valence-corrected chi connectivity index (χ4v) is 4.17. The highest BCUT2D eigenvalue weighted by Crippen LogP contribution is 2.34. The van der Waals surface area contributed by atoms with Gasteiger partial charge in [-0.15, -0.1) is 0 Å². The number of benzene rings is 2. The lowest BCUT2D eigenvalue weighted by atomic mass is 10.1. The standard InChI is InChI=1S/C23H20N4O2S/c1-14-15(2)26-27-22(29)19(14)21(28)25-23-24-18(13-16-9-5-3-6-10-16)20(30-23)17-11-7-4-8-12-17/h3-12H,13H2,1-2H3,(H,27,29)(H,24,25,28). The molecule has 4 aromatic rings. The van der Waals surface area contributed by atoms with Crippen molar-refractivity contribution < 1.29 is 4.79 Å². The van der Waals surface area contributed by atoms with Gasteiger partial charge in [-0.25, -0.2) is 10.1 Å². The lowest BCUT2D eigenvalue weighted by molar-refractivity contribution is 0.102. The van der Waals surface area contributed by atoms with E-state index < -0.39 is 11.5 Å². The van der Waals surface area contributed by atoms with E-state index in [0.29, 0.717) is 22.8 Å². The number of anilines is 1. The van der Waals surface area contributed by atoms with Crippen LogP contribution in [0, 0.1) is 13.8 Å². The quantitative estimate of drug-likeness (QED) is 0.506. The number of carbonyl (C=O) groups excluding carboxylic acids is 1. The first-order valence-corrected chi connectivity index (χ1v) is 10.3. The summed E-state index contributed by atoms with van der Waals surface area (Å²) < 4.78 is 0. The van der Waals surface area contributed by atoms with Crippen LogP contribution in [-0.4, -0.2) is 21.1 Å². The van der Waals surface area contributed by atoms with Crippen molar-refractivity contribution >= 4 is 22.4 Å². The summed E-state index contributed by atoms with van der Waals surface area (Å²) in [5, 5.41) is 9.53. The maximum absolute atomic E-state index is 12.8. The van der Waals surface area contributed by atoms with Crippen molar-refractivity contribution in [2.24, 2.45) is 0 Å². The van der Waals surface area contributed by atoms with Crippen molar-refractivity contribution in [2.45, 2.75) is 20.3 Å². The number of thiazole rings is 1. The summed E-state index contributed by atoms with van der Waals surface area (Å²) in [5.74, 6) is -0.487. The molecule has 0 unspecified atom stereocenters. The van der Waals surface area contributed by atoms with E-state index in [1.54, 1.807) is 13.8 Å². The Balaban J connectivity index is 1.70. The summed E-state index contributed by atoms with van der Waals surface area (Å²) in [6.07, 6.45) is 0.644. The molecule has 4 rings (SSSR count). The van der Waals surface area contributed by atoms with Crippen LogP contribution in [0.3, 0.4) is 0 Å². The number of nitrogens with one attached hydrogen (secondary N) is 2. The molecule has 2 N–H and O–H groups in total. The number of aryl methyl sites for hydroxylation is 1. The minimum absolute atomic E-state index is 0.0589. The first kappa shape index (κ1) is 19.7. The summed E-state index contributed by atoms with van der Waals surface area (Å²) in [7, 11) is 0. The van der Waals surface area contributed by atoms with Crippen LogP contribution < -0.4 is 10.9 Å². The minimum atomic E-state index is -0.514. The molecule has 0 fully saturated rings. The molecule has 6 nitrogen and oxygen atoms in total. The van der Waals surface area contributed by atoms with Crippen molar-refractivity contribution in [3.05, 3.63) is 99.1 Å². The molecule has 30 heavy (non-hydrogen) atoms. The normalized spacial score (nSPS) is 10.7. The largest absolute Gasteiger partial charge is 0.298 e. The van der Waals surface area contributed by atoms with Crippen molar-refractivity contribution in [1.82, 2.24) is 15.2 Å². The predicted octanol–water partition coefficient (Wildman–Crippen LogP) is 4.35. The van der Waals surface area contributed by atoms with Crippen molar-refractivity contribution in [1.29, 1.82) is 0 Å². The molecule has 0 saturated carbocycles. The molecule has 2 aromatic carbocycles. The number of nitrogens with zero attached hydrogens (tertiary/aromatic N) is 2. The Hall–Kier alpha value is -3.58. The van der Waals surface area contributed by atoms with Crippen LogP contribution in [0.1, 0.15) is 32.9 Å². The zero-order valence-electron chi connectivity index (χ0n) is 16.6. The maximum Gasteiger partial charge on any atom is 0.277 e. The third-order valence-electron chi connectivity index (χ3n) is 4.87. The Morgan fingerprint density at radius 2 is 1.70 bits per heavy atom. The lowest BCUT2D eigenvalue weighted by Crippen LogP contribution is -2.26. The molecule has 0 radical (unpaired) electrons. The molecule has 0 aliphatic carbocycles. The van der Waals surface area contributed by atoms with Crippen molar-refractivity contribution in [3.8, 4) is 10.4 Å². The molecule has 0 aliphatic heterocycles. The average molecular weight is 417 g/mol. The number of H-pyrrole nitrogens is 1. The van der Waals surface area contributed by atoms with Gasteiger partial charge in [-0.3, -0.25) is 14.9 Å². The van der Waals surface area contributed by atoms with Crippen LogP contribution in [-0.2, 0) is 6.42 Å². The molecule has 7 heteroatoms. The van der Waals surface area contributed by atoms with Gasteiger partial charge in [0.1, 0.15) is 5.56 Å². The monoisotopic (exact) mass is 416 g/mol. The highest BCUT2D eigenvalue weighted by atomic mass is 32.1. The Labute approximate surface area is 177 Å². The first-order chi connectivity index (χ1) is 14.5. The Morgan fingerprint density at radius 1 is 1.03 bits per heavy atom. The zero-order valence-corrected chi connectivity index (χ0v) is 17.4. The Bertz CT molecular complexity index is 1250. The highest BCUT2D eigenvalue weighted by Gasteiger charge is 2.20. The number of rotatable bonds is 5. The first-order valence-electron chi connectivity index (χ1n) is 9.49. The zero-order chi connectivity index (χ0) is 21.1. The van der Waals surface area contributed by atoms with Crippen molar-refractivity contribution in [2.75, 3.05) is 5.32 Å². The summed E-state index contributed by atoms with van der Waals surface area (Å²) in [6.45, 7) is 3.46. The second-order valence-electron chi connectivity index (χ2n) is 6.92. The molecule has 2 heterocycles. The molecule has 0 bridgehead atoms. The van der Waals surface area contributed by atoms with Crippen molar-refractivity contribution in [3.63, 3.8) is 0 Å². The number of hydrogen-bond acceptors (Lipinski definition) is 5.